The quantitative estimate of drug-likeness (QED) is 0.402. The van der Waals surface area contributed by atoms with Crippen molar-refractivity contribution in [1.82, 2.24) is 4.98 Å². The largest absolute Gasteiger partial charge is 0.385 e. The predicted octanol–water partition coefficient (Wildman–Crippen LogP) is 0.648. The number of nitrogens with zero attached hydrogens (tertiary/aromatic N) is 2. The van der Waals surface area contributed by atoms with Gasteiger partial charge in [-0.1, -0.05) is 0 Å². The maximum Gasteiger partial charge on any atom is 0.385 e. The maximum absolute atomic E-state index is 12.4. The molecule has 0 aliphatic rings. The molecule has 0 bridgehead atoms. The first-order chi connectivity index (χ1) is 5.93. The highest BCUT2D eigenvalue weighted by Gasteiger charge is 2.25. The van der Waals surface area contributed by atoms with E-state index in [1.165, 1.54) is 0 Å². The van der Waals surface area contributed by atoms with Crippen LogP contribution >= 0.6 is 0 Å². The Bertz CT molecular complexity index is 444. The Morgan fingerprint density at radius 2 is 2.15 bits per heavy atom. The minimum Gasteiger partial charge on any atom is -0.358 e. The lowest BCUT2D eigenvalue weighted by Gasteiger charge is -1.95. The van der Waals surface area contributed by atoms with Crippen molar-refractivity contribution in [1.29, 1.82) is 0 Å². The van der Waals surface area contributed by atoms with Crippen molar-refractivity contribution in [3.63, 3.8) is 0 Å². The SMILES string of the molecule is O=[N+]([O-])c1ncccc1S(=O)(=O)F. The van der Waals surface area contributed by atoms with Crippen molar-refractivity contribution >= 4 is 16.0 Å². The van der Waals surface area contributed by atoms with Crippen molar-refractivity contribution in [2.75, 3.05) is 0 Å². The third kappa shape index (κ3) is 1.96. The molecule has 1 aromatic heterocycles. The number of aromatic nitrogens is 1. The van der Waals surface area contributed by atoms with E-state index in [-0.39, 0.29) is 0 Å². The molecule has 0 N–H and O–H groups in total. The van der Waals surface area contributed by atoms with Crippen molar-refractivity contribution in [3.8, 4) is 0 Å². The summed E-state index contributed by atoms with van der Waals surface area (Å²) in [5.74, 6) is -1.01. The summed E-state index contributed by atoms with van der Waals surface area (Å²) in [6.07, 6.45) is 1.01. The average molecular weight is 206 g/mol. The number of rotatable bonds is 2. The summed E-state index contributed by atoms with van der Waals surface area (Å²) in [7, 11) is -5.08. The van der Waals surface area contributed by atoms with Gasteiger partial charge in [-0.2, -0.15) is 8.42 Å². The molecule has 0 amide bonds. The van der Waals surface area contributed by atoms with Crippen LogP contribution in [-0.2, 0) is 10.2 Å². The normalized spacial score (nSPS) is 11.2. The molecule has 1 rings (SSSR count). The van der Waals surface area contributed by atoms with Crippen LogP contribution in [0.2, 0.25) is 0 Å². The number of nitro groups is 1. The fourth-order valence-electron chi connectivity index (χ4n) is 0.710. The number of pyridine rings is 1. The minimum absolute atomic E-state index is 0.778. The zero-order valence-electron chi connectivity index (χ0n) is 6.05. The molecule has 1 heterocycles. The predicted molar refractivity (Wildman–Crippen MR) is 39.2 cm³/mol. The summed E-state index contributed by atoms with van der Waals surface area (Å²) in [5.41, 5.74) is 0. The van der Waals surface area contributed by atoms with E-state index < -0.39 is 25.9 Å². The molecule has 0 spiro atoms. The highest BCUT2D eigenvalue weighted by molar-refractivity contribution is 7.86. The first-order valence-electron chi connectivity index (χ1n) is 2.97. The van der Waals surface area contributed by atoms with Gasteiger partial charge < -0.3 is 10.1 Å². The average Bonchev–Trinajstić information content (AvgIpc) is 2.03. The number of halogens is 1. The summed E-state index contributed by atoms with van der Waals surface area (Å²) in [6, 6.07) is 1.87. The monoisotopic (exact) mass is 206 g/mol. The molecule has 0 atom stereocenters. The van der Waals surface area contributed by atoms with E-state index in [1.807, 2.05) is 0 Å². The van der Waals surface area contributed by atoms with E-state index in [0.29, 0.717) is 0 Å². The van der Waals surface area contributed by atoms with Crippen LogP contribution in [0.25, 0.3) is 0 Å². The Kier molecular flexibility index (Phi) is 2.24. The second-order valence-electron chi connectivity index (χ2n) is 2.02. The molecule has 0 aliphatic heterocycles. The Hall–Kier alpha value is -1.57. The minimum atomic E-state index is -5.08. The molecule has 8 heteroatoms. The third-order valence-corrected chi connectivity index (χ3v) is 2.03. The van der Waals surface area contributed by atoms with Crippen LogP contribution in [0, 0.1) is 10.1 Å². The highest BCUT2D eigenvalue weighted by Crippen LogP contribution is 2.21. The van der Waals surface area contributed by atoms with Crippen molar-refractivity contribution in [2.24, 2.45) is 0 Å². The van der Waals surface area contributed by atoms with E-state index in [9.17, 15) is 22.4 Å². The van der Waals surface area contributed by atoms with E-state index in [4.69, 9.17) is 0 Å². The molecule has 70 valence electrons. The Morgan fingerprint density at radius 1 is 1.54 bits per heavy atom. The lowest BCUT2D eigenvalue weighted by atomic mass is 10.5. The van der Waals surface area contributed by atoms with Crippen LogP contribution in [0.1, 0.15) is 0 Å². The summed E-state index contributed by atoms with van der Waals surface area (Å²) in [6.45, 7) is 0. The standard InChI is InChI=1S/C5H3FN2O4S/c6-13(11,12)4-2-1-3-7-5(4)8(9)10/h1-3H. The molecule has 0 unspecified atom stereocenters. The van der Waals surface area contributed by atoms with Crippen LogP contribution < -0.4 is 0 Å². The molecule has 13 heavy (non-hydrogen) atoms. The molecule has 0 fully saturated rings. The fraction of sp³-hybridized carbons (Fsp3) is 0. The van der Waals surface area contributed by atoms with Crippen molar-refractivity contribution in [2.45, 2.75) is 4.90 Å². The molecule has 0 saturated carbocycles. The topological polar surface area (TPSA) is 90.2 Å². The molecule has 6 nitrogen and oxygen atoms in total. The van der Waals surface area contributed by atoms with Gasteiger partial charge in [-0.05, 0) is 22.0 Å². The first-order valence-corrected chi connectivity index (χ1v) is 4.35. The zero-order valence-corrected chi connectivity index (χ0v) is 6.86. The van der Waals surface area contributed by atoms with Gasteiger partial charge in [0.25, 0.3) is 0 Å². The van der Waals surface area contributed by atoms with Crippen LogP contribution in [0.3, 0.4) is 0 Å². The summed E-state index contributed by atoms with van der Waals surface area (Å²) < 4.78 is 33.1. The summed E-state index contributed by atoms with van der Waals surface area (Å²) in [5, 5.41) is 10.2. The Balaban J connectivity index is 3.46. The van der Waals surface area contributed by atoms with Crippen LogP contribution in [-0.4, -0.2) is 18.3 Å². The van der Waals surface area contributed by atoms with Gasteiger partial charge in [0.15, 0.2) is 4.90 Å². The summed E-state index contributed by atoms with van der Waals surface area (Å²) in [4.78, 5) is 11.2. The van der Waals surface area contributed by atoms with Gasteiger partial charge in [0.1, 0.15) is 6.20 Å². The smallest absolute Gasteiger partial charge is 0.358 e. The van der Waals surface area contributed by atoms with Crippen molar-refractivity contribution in [3.05, 3.63) is 28.4 Å². The van der Waals surface area contributed by atoms with Gasteiger partial charge in [-0.3, -0.25) is 0 Å². The molecular formula is C5H3FN2O4S. The Morgan fingerprint density at radius 3 is 2.54 bits per heavy atom. The Labute approximate surface area is 72.4 Å². The lowest BCUT2D eigenvalue weighted by molar-refractivity contribution is -0.392. The van der Waals surface area contributed by atoms with Crippen LogP contribution in [0.5, 0.6) is 0 Å². The second-order valence-corrected chi connectivity index (χ2v) is 3.34. The fourth-order valence-corrected chi connectivity index (χ4v) is 1.30. The van der Waals surface area contributed by atoms with E-state index in [1.54, 1.807) is 0 Å². The van der Waals surface area contributed by atoms with Gasteiger partial charge in [-0.25, -0.2) is 0 Å². The molecular weight excluding hydrogens is 203 g/mol. The zero-order chi connectivity index (χ0) is 10.1. The molecule has 1 aromatic rings. The summed E-state index contributed by atoms with van der Waals surface area (Å²) >= 11 is 0. The molecule has 0 radical (unpaired) electrons. The second kappa shape index (κ2) is 3.05. The van der Waals surface area contributed by atoms with Gasteiger partial charge in [-0.15, -0.1) is 3.89 Å². The third-order valence-electron chi connectivity index (χ3n) is 1.19. The van der Waals surface area contributed by atoms with Gasteiger partial charge in [0.05, 0.1) is 0 Å². The molecule has 0 aliphatic carbocycles. The lowest BCUT2D eigenvalue weighted by Crippen LogP contribution is -2.01. The van der Waals surface area contributed by atoms with Gasteiger partial charge in [0.2, 0.25) is 0 Å². The van der Waals surface area contributed by atoms with E-state index in [2.05, 4.69) is 4.98 Å². The first kappa shape index (κ1) is 9.52. The van der Waals surface area contributed by atoms with Crippen LogP contribution in [0.15, 0.2) is 23.2 Å². The van der Waals surface area contributed by atoms with Gasteiger partial charge >= 0.3 is 16.0 Å². The molecule has 0 saturated heterocycles. The molecule has 0 aromatic carbocycles. The van der Waals surface area contributed by atoms with E-state index >= 15 is 0 Å². The van der Waals surface area contributed by atoms with Gasteiger partial charge in [0, 0.05) is 0 Å². The van der Waals surface area contributed by atoms with Crippen LogP contribution in [0.4, 0.5) is 9.70 Å². The maximum atomic E-state index is 12.4. The number of hydrogen-bond donors (Lipinski definition) is 0. The van der Waals surface area contributed by atoms with Crippen molar-refractivity contribution < 1.29 is 17.2 Å². The number of hydrogen-bond acceptors (Lipinski definition) is 5. The van der Waals surface area contributed by atoms with E-state index in [0.717, 1.165) is 18.3 Å². The highest BCUT2D eigenvalue weighted by atomic mass is 32.3.